The predicted octanol–water partition coefficient (Wildman–Crippen LogP) is 2.77. The van der Waals surface area contributed by atoms with Crippen LogP contribution in [0.5, 0.6) is 0 Å². The topological polar surface area (TPSA) is 70.5 Å². The number of rotatable bonds is 2. The molecule has 4 bridgehead atoms. The van der Waals surface area contributed by atoms with Crippen molar-refractivity contribution < 1.29 is 9.47 Å². The average molecular weight is 320 g/mol. The van der Waals surface area contributed by atoms with Crippen molar-refractivity contribution in [2.45, 2.75) is 63.8 Å². The summed E-state index contributed by atoms with van der Waals surface area (Å²) in [5, 5.41) is 0. The first-order valence-corrected chi connectivity index (χ1v) is 9.19. The molecular formula is C19H32N2O2. The third kappa shape index (κ3) is 2.18. The highest BCUT2D eigenvalue weighted by atomic mass is 16.7. The van der Waals surface area contributed by atoms with E-state index < -0.39 is 11.4 Å². The van der Waals surface area contributed by atoms with Crippen LogP contribution in [0.1, 0.15) is 52.4 Å². The number of hydrogen-bond donors (Lipinski definition) is 2. The van der Waals surface area contributed by atoms with Crippen LogP contribution in [0.4, 0.5) is 0 Å². The van der Waals surface area contributed by atoms with Crippen molar-refractivity contribution in [3.8, 4) is 0 Å². The SMILES string of the molecule is C=CCC1(C)COC2(OCC1(N)N)C1CC3CC2CC(C)(C3)C1. The summed E-state index contributed by atoms with van der Waals surface area (Å²) in [6.45, 7) is 9.36. The van der Waals surface area contributed by atoms with Gasteiger partial charge < -0.3 is 20.9 Å². The predicted molar refractivity (Wildman–Crippen MR) is 90.3 cm³/mol. The van der Waals surface area contributed by atoms with Crippen LogP contribution in [-0.4, -0.2) is 24.7 Å². The lowest BCUT2D eigenvalue weighted by atomic mass is 9.48. The maximum atomic E-state index is 6.59. The Morgan fingerprint density at radius 1 is 1.04 bits per heavy atom. The molecule has 5 fully saturated rings. The van der Waals surface area contributed by atoms with E-state index in [0.29, 0.717) is 30.5 Å². The molecule has 0 radical (unpaired) electrons. The second kappa shape index (κ2) is 4.81. The van der Waals surface area contributed by atoms with Crippen LogP contribution in [0.3, 0.4) is 0 Å². The molecule has 0 aromatic rings. The summed E-state index contributed by atoms with van der Waals surface area (Å²) in [7, 11) is 0. The normalized spacial score (nSPS) is 54.2. The minimum Gasteiger partial charge on any atom is -0.349 e. The Bertz CT molecular complexity index is 501. The summed E-state index contributed by atoms with van der Waals surface area (Å²) in [4.78, 5) is 0. The molecule has 4 aliphatic carbocycles. The van der Waals surface area contributed by atoms with Gasteiger partial charge in [-0.25, -0.2) is 0 Å². The third-order valence-corrected chi connectivity index (χ3v) is 7.51. The van der Waals surface area contributed by atoms with E-state index in [1.165, 1.54) is 32.1 Å². The van der Waals surface area contributed by atoms with E-state index in [4.69, 9.17) is 20.9 Å². The molecule has 1 spiro atoms. The molecule has 23 heavy (non-hydrogen) atoms. The van der Waals surface area contributed by atoms with E-state index in [9.17, 15) is 0 Å². The van der Waals surface area contributed by atoms with Gasteiger partial charge in [-0.3, -0.25) is 0 Å². The van der Waals surface area contributed by atoms with Gasteiger partial charge in [0.05, 0.1) is 18.9 Å². The highest BCUT2D eigenvalue weighted by Gasteiger charge is 2.64. The molecule has 5 rings (SSSR count). The van der Waals surface area contributed by atoms with Gasteiger partial charge in [-0.2, -0.15) is 0 Å². The van der Waals surface area contributed by atoms with Gasteiger partial charge in [0.15, 0.2) is 5.79 Å². The molecule has 5 aliphatic rings. The quantitative estimate of drug-likeness (QED) is 0.606. The monoisotopic (exact) mass is 320 g/mol. The molecule has 0 aromatic carbocycles. The van der Waals surface area contributed by atoms with Crippen molar-refractivity contribution in [3.05, 3.63) is 12.7 Å². The minimum atomic E-state index is -0.886. The molecule has 4 saturated carbocycles. The Morgan fingerprint density at radius 3 is 2.22 bits per heavy atom. The van der Waals surface area contributed by atoms with Crippen LogP contribution in [0.2, 0.25) is 0 Å². The summed E-state index contributed by atoms with van der Waals surface area (Å²) in [6.07, 6.45) is 8.96. The fourth-order valence-electron chi connectivity index (χ4n) is 6.21. The van der Waals surface area contributed by atoms with Crippen LogP contribution in [-0.2, 0) is 9.47 Å². The van der Waals surface area contributed by atoms with Gasteiger partial charge >= 0.3 is 0 Å². The van der Waals surface area contributed by atoms with E-state index in [1.54, 1.807) is 0 Å². The second-order valence-corrected chi connectivity index (χ2v) is 9.55. The summed E-state index contributed by atoms with van der Waals surface area (Å²) >= 11 is 0. The molecule has 130 valence electrons. The molecule has 3 unspecified atom stereocenters. The molecule has 3 atom stereocenters. The van der Waals surface area contributed by atoms with Crippen molar-refractivity contribution in [2.75, 3.05) is 13.2 Å². The van der Waals surface area contributed by atoms with Gasteiger partial charge in [0.2, 0.25) is 0 Å². The van der Waals surface area contributed by atoms with Crippen molar-refractivity contribution in [2.24, 2.45) is 40.1 Å². The zero-order chi connectivity index (χ0) is 16.5. The Hall–Kier alpha value is -0.420. The lowest BCUT2D eigenvalue weighted by molar-refractivity contribution is -0.343. The first-order valence-electron chi connectivity index (χ1n) is 9.19. The fraction of sp³-hybridized carbons (Fsp3) is 0.895. The van der Waals surface area contributed by atoms with Crippen molar-refractivity contribution in [1.29, 1.82) is 0 Å². The maximum absolute atomic E-state index is 6.59. The maximum Gasteiger partial charge on any atom is 0.174 e. The number of ether oxygens (including phenoxy) is 2. The van der Waals surface area contributed by atoms with Gasteiger partial charge in [0.1, 0.15) is 0 Å². The Morgan fingerprint density at radius 2 is 1.65 bits per heavy atom. The number of nitrogens with two attached hydrogens (primary N) is 2. The molecule has 4 heteroatoms. The molecule has 1 aliphatic heterocycles. The van der Waals surface area contributed by atoms with E-state index in [1.807, 2.05) is 6.08 Å². The van der Waals surface area contributed by atoms with E-state index in [-0.39, 0.29) is 5.41 Å². The van der Waals surface area contributed by atoms with Gasteiger partial charge in [-0.15, -0.1) is 6.58 Å². The molecule has 1 saturated heterocycles. The third-order valence-electron chi connectivity index (χ3n) is 7.51. The molecule has 4 N–H and O–H groups in total. The van der Waals surface area contributed by atoms with Gasteiger partial charge in [0.25, 0.3) is 0 Å². The first-order chi connectivity index (χ1) is 10.7. The second-order valence-electron chi connectivity index (χ2n) is 9.55. The minimum absolute atomic E-state index is 0.336. The van der Waals surface area contributed by atoms with E-state index in [2.05, 4.69) is 20.4 Å². The highest BCUT2D eigenvalue weighted by Crippen LogP contribution is 2.65. The van der Waals surface area contributed by atoms with E-state index >= 15 is 0 Å². The highest BCUT2D eigenvalue weighted by molar-refractivity contribution is 5.10. The Kier molecular flexibility index (Phi) is 3.36. The Labute approximate surface area is 140 Å². The van der Waals surface area contributed by atoms with Crippen molar-refractivity contribution in [1.82, 2.24) is 0 Å². The Balaban J connectivity index is 1.65. The molecule has 4 nitrogen and oxygen atoms in total. The summed E-state index contributed by atoms with van der Waals surface area (Å²) in [5.41, 5.74) is 12.2. The summed E-state index contributed by atoms with van der Waals surface area (Å²) < 4.78 is 13.0. The zero-order valence-corrected chi connectivity index (χ0v) is 14.6. The number of hydrogen-bond acceptors (Lipinski definition) is 4. The molecular weight excluding hydrogens is 288 g/mol. The number of allylic oxidation sites excluding steroid dienone is 1. The van der Waals surface area contributed by atoms with Crippen LogP contribution in [0, 0.1) is 28.6 Å². The molecule has 1 heterocycles. The van der Waals surface area contributed by atoms with Gasteiger partial charge in [0, 0.05) is 17.3 Å². The van der Waals surface area contributed by atoms with Gasteiger partial charge in [-0.05, 0) is 49.9 Å². The van der Waals surface area contributed by atoms with E-state index in [0.717, 1.165) is 12.3 Å². The van der Waals surface area contributed by atoms with Crippen LogP contribution in [0.25, 0.3) is 0 Å². The lowest BCUT2D eigenvalue weighted by Crippen LogP contribution is -2.65. The first kappa shape index (κ1) is 16.1. The molecule has 0 aromatic heterocycles. The lowest BCUT2D eigenvalue weighted by Gasteiger charge is -2.63. The fourth-order valence-corrected chi connectivity index (χ4v) is 6.21. The zero-order valence-electron chi connectivity index (χ0n) is 14.6. The standard InChI is InChI=1S/C19H32N2O2/c1-4-5-17(3)11-22-19(23-12-18(17,20)21)14-6-13-7-15(19)10-16(2,8-13)9-14/h4,13-15H,1,5-12,20-21H2,2-3H3. The average Bonchev–Trinajstić information content (AvgIpc) is 2.53. The van der Waals surface area contributed by atoms with Crippen LogP contribution in [0.15, 0.2) is 12.7 Å². The summed E-state index contributed by atoms with van der Waals surface area (Å²) in [5.74, 6) is 1.42. The van der Waals surface area contributed by atoms with Crippen molar-refractivity contribution >= 4 is 0 Å². The molecule has 0 amide bonds. The smallest absolute Gasteiger partial charge is 0.174 e. The van der Waals surface area contributed by atoms with Crippen molar-refractivity contribution in [3.63, 3.8) is 0 Å². The summed E-state index contributed by atoms with van der Waals surface area (Å²) in [6, 6.07) is 0. The largest absolute Gasteiger partial charge is 0.349 e. The van der Waals surface area contributed by atoms with Crippen LogP contribution < -0.4 is 11.5 Å². The van der Waals surface area contributed by atoms with Crippen LogP contribution >= 0.6 is 0 Å². The van der Waals surface area contributed by atoms with Gasteiger partial charge in [-0.1, -0.05) is 19.9 Å².